The molecule has 1 atom stereocenters. The molecule has 0 fully saturated rings. The molecule has 82 valence electrons. The molecule has 1 unspecified atom stereocenters. The van der Waals surface area contributed by atoms with Gasteiger partial charge in [0.2, 0.25) is 0 Å². The number of carbonyl (C=O) groups is 1. The molecule has 0 aliphatic rings. The summed E-state index contributed by atoms with van der Waals surface area (Å²) in [6.07, 6.45) is 1.18. The standard InChI is InChI=1S/C12H16O2S/c1-3-9(2)8-15-11-6-4-10(5-7-11)12(13)14/h4-7,9H,3,8H2,1-2H3,(H,13,14). The second-order valence-corrected chi connectivity index (χ2v) is 4.75. The molecule has 0 amide bonds. The molecular weight excluding hydrogens is 208 g/mol. The van der Waals surface area contributed by atoms with Gasteiger partial charge in [-0.1, -0.05) is 20.3 Å². The highest BCUT2D eigenvalue weighted by Crippen LogP contribution is 2.22. The van der Waals surface area contributed by atoms with E-state index in [1.54, 1.807) is 23.9 Å². The highest BCUT2D eigenvalue weighted by molar-refractivity contribution is 7.99. The summed E-state index contributed by atoms with van der Waals surface area (Å²) in [7, 11) is 0. The second-order valence-electron chi connectivity index (χ2n) is 3.65. The predicted octanol–water partition coefficient (Wildman–Crippen LogP) is 3.52. The van der Waals surface area contributed by atoms with Gasteiger partial charge in [-0.25, -0.2) is 4.79 Å². The van der Waals surface area contributed by atoms with Gasteiger partial charge in [-0.2, -0.15) is 0 Å². The molecule has 1 rings (SSSR count). The summed E-state index contributed by atoms with van der Waals surface area (Å²) < 4.78 is 0. The minimum atomic E-state index is -0.867. The van der Waals surface area contributed by atoms with Crippen LogP contribution in [-0.4, -0.2) is 16.8 Å². The van der Waals surface area contributed by atoms with Gasteiger partial charge >= 0.3 is 5.97 Å². The molecule has 0 aliphatic carbocycles. The van der Waals surface area contributed by atoms with Crippen molar-refractivity contribution in [2.45, 2.75) is 25.2 Å². The van der Waals surface area contributed by atoms with Crippen molar-refractivity contribution in [1.82, 2.24) is 0 Å². The third kappa shape index (κ3) is 3.96. The molecule has 1 aromatic rings. The number of hydrogen-bond acceptors (Lipinski definition) is 2. The summed E-state index contributed by atoms with van der Waals surface area (Å²) in [5, 5.41) is 8.73. The molecule has 0 spiro atoms. The SMILES string of the molecule is CCC(C)CSc1ccc(C(=O)O)cc1. The van der Waals surface area contributed by atoms with Gasteiger partial charge in [0.05, 0.1) is 5.56 Å². The van der Waals surface area contributed by atoms with Crippen LogP contribution in [0.1, 0.15) is 30.6 Å². The van der Waals surface area contributed by atoms with E-state index in [4.69, 9.17) is 5.11 Å². The Morgan fingerprint density at radius 3 is 2.47 bits per heavy atom. The maximum atomic E-state index is 10.6. The van der Waals surface area contributed by atoms with Crippen molar-refractivity contribution in [1.29, 1.82) is 0 Å². The van der Waals surface area contributed by atoms with Crippen LogP contribution in [0.15, 0.2) is 29.2 Å². The minimum Gasteiger partial charge on any atom is -0.478 e. The van der Waals surface area contributed by atoms with Crippen LogP contribution < -0.4 is 0 Å². The number of carboxylic acids is 1. The van der Waals surface area contributed by atoms with Crippen LogP contribution >= 0.6 is 11.8 Å². The van der Waals surface area contributed by atoms with E-state index in [1.807, 2.05) is 12.1 Å². The van der Waals surface area contributed by atoms with Gasteiger partial charge in [0.15, 0.2) is 0 Å². The Hall–Kier alpha value is -0.960. The second kappa shape index (κ2) is 5.81. The summed E-state index contributed by atoms with van der Waals surface area (Å²) in [6.45, 7) is 4.40. The Kier molecular flexibility index (Phi) is 4.69. The molecule has 0 radical (unpaired) electrons. The lowest BCUT2D eigenvalue weighted by Crippen LogP contribution is -1.96. The van der Waals surface area contributed by atoms with Gasteiger partial charge in [-0.05, 0) is 30.2 Å². The Morgan fingerprint density at radius 2 is 2.00 bits per heavy atom. The molecule has 15 heavy (non-hydrogen) atoms. The van der Waals surface area contributed by atoms with Crippen molar-refractivity contribution >= 4 is 17.7 Å². The average Bonchev–Trinajstić information content (AvgIpc) is 2.26. The first-order valence-electron chi connectivity index (χ1n) is 5.09. The quantitative estimate of drug-likeness (QED) is 0.777. The number of rotatable bonds is 5. The van der Waals surface area contributed by atoms with Crippen LogP contribution in [0.2, 0.25) is 0 Å². The van der Waals surface area contributed by atoms with E-state index < -0.39 is 5.97 Å². The summed E-state index contributed by atoms with van der Waals surface area (Å²) in [6, 6.07) is 7.05. The molecule has 0 heterocycles. The third-order valence-electron chi connectivity index (χ3n) is 2.33. The van der Waals surface area contributed by atoms with Crippen LogP contribution in [0.3, 0.4) is 0 Å². The fourth-order valence-corrected chi connectivity index (χ4v) is 2.09. The smallest absolute Gasteiger partial charge is 0.335 e. The highest BCUT2D eigenvalue weighted by Gasteiger charge is 2.03. The number of thioether (sulfide) groups is 1. The van der Waals surface area contributed by atoms with E-state index in [-0.39, 0.29) is 0 Å². The van der Waals surface area contributed by atoms with E-state index >= 15 is 0 Å². The molecule has 0 saturated heterocycles. The lowest BCUT2D eigenvalue weighted by atomic mass is 10.2. The maximum absolute atomic E-state index is 10.6. The topological polar surface area (TPSA) is 37.3 Å². The zero-order valence-electron chi connectivity index (χ0n) is 9.06. The zero-order chi connectivity index (χ0) is 11.3. The fourth-order valence-electron chi connectivity index (χ4n) is 1.05. The molecule has 3 heteroatoms. The monoisotopic (exact) mass is 224 g/mol. The molecule has 0 saturated carbocycles. The first-order chi connectivity index (χ1) is 7.13. The summed E-state index contributed by atoms with van der Waals surface area (Å²) >= 11 is 1.78. The Morgan fingerprint density at radius 1 is 1.40 bits per heavy atom. The van der Waals surface area contributed by atoms with Gasteiger partial charge in [0.1, 0.15) is 0 Å². The molecule has 1 N–H and O–H groups in total. The van der Waals surface area contributed by atoms with Crippen molar-refractivity contribution in [3.05, 3.63) is 29.8 Å². The first kappa shape index (κ1) is 12.1. The van der Waals surface area contributed by atoms with E-state index in [0.29, 0.717) is 11.5 Å². The summed E-state index contributed by atoms with van der Waals surface area (Å²) in [5.74, 6) is 0.922. The van der Waals surface area contributed by atoms with Gasteiger partial charge in [-0.15, -0.1) is 11.8 Å². The summed E-state index contributed by atoms with van der Waals surface area (Å²) in [5.41, 5.74) is 0.350. The van der Waals surface area contributed by atoms with Crippen LogP contribution in [0.4, 0.5) is 0 Å². The number of hydrogen-bond donors (Lipinski definition) is 1. The fraction of sp³-hybridized carbons (Fsp3) is 0.417. The van der Waals surface area contributed by atoms with E-state index in [2.05, 4.69) is 13.8 Å². The van der Waals surface area contributed by atoms with Gasteiger partial charge in [-0.3, -0.25) is 0 Å². The predicted molar refractivity (Wildman–Crippen MR) is 63.6 cm³/mol. The molecule has 1 aromatic carbocycles. The zero-order valence-corrected chi connectivity index (χ0v) is 9.88. The minimum absolute atomic E-state index is 0.350. The lowest BCUT2D eigenvalue weighted by molar-refractivity contribution is 0.0697. The normalized spacial score (nSPS) is 12.4. The Balaban J connectivity index is 2.53. The van der Waals surface area contributed by atoms with Crippen molar-refractivity contribution < 1.29 is 9.90 Å². The van der Waals surface area contributed by atoms with Crippen LogP contribution in [0.25, 0.3) is 0 Å². The van der Waals surface area contributed by atoms with Crippen molar-refractivity contribution in [2.75, 3.05) is 5.75 Å². The van der Waals surface area contributed by atoms with E-state index in [0.717, 1.165) is 10.6 Å². The van der Waals surface area contributed by atoms with Gasteiger partial charge in [0, 0.05) is 10.6 Å². The molecule has 0 bridgehead atoms. The number of carboxylic acid groups (broad SMARTS) is 1. The Bertz CT molecular complexity index is 319. The van der Waals surface area contributed by atoms with Crippen molar-refractivity contribution in [2.24, 2.45) is 5.92 Å². The average molecular weight is 224 g/mol. The van der Waals surface area contributed by atoms with Gasteiger partial charge < -0.3 is 5.11 Å². The lowest BCUT2D eigenvalue weighted by Gasteiger charge is -2.07. The molecule has 0 aliphatic heterocycles. The Labute approximate surface area is 94.7 Å². The maximum Gasteiger partial charge on any atom is 0.335 e. The van der Waals surface area contributed by atoms with Crippen LogP contribution in [0.5, 0.6) is 0 Å². The van der Waals surface area contributed by atoms with Crippen LogP contribution in [-0.2, 0) is 0 Å². The number of aromatic carboxylic acids is 1. The number of benzene rings is 1. The largest absolute Gasteiger partial charge is 0.478 e. The van der Waals surface area contributed by atoms with Crippen molar-refractivity contribution in [3.63, 3.8) is 0 Å². The summed E-state index contributed by atoms with van der Waals surface area (Å²) in [4.78, 5) is 11.8. The van der Waals surface area contributed by atoms with E-state index in [1.165, 1.54) is 6.42 Å². The molecule has 2 nitrogen and oxygen atoms in total. The molecular formula is C12H16O2S. The van der Waals surface area contributed by atoms with E-state index in [9.17, 15) is 4.79 Å². The third-order valence-corrected chi connectivity index (χ3v) is 3.67. The molecule has 0 aromatic heterocycles. The van der Waals surface area contributed by atoms with Gasteiger partial charge in [0.25, 0.3) is 0 Å². The highest BCUT2D eigenvalue weighted by atomic mass is 32.2. The van der Waals surface area contributed by atoms with Crippen LogP contribution in [0, 0.1) is 5.92 Å². The first-order valence-corrected chi connectivity index (χ1v) is 6.08. The van der Waals surface area contributed by atoms with Crippen molar-refractivity contribution in [3.8, 4) is 0 Å².